The summed E-state index contributed by atoms with van der Waals surface area (Å²) in [6.07, 6.45) is 1.53. The van der Waals surface area contributed by atoms with Crippen molar-refractivity contribution in [3.63, 3.8) is 0 Å². The van der Waals surface area contributed by atoms with Crippen molar-refractivity contribution in [3.8, 4) is 11.5 Å². The van der Waals surface area contributed by atoms with Crippen molar-refractivity contribution in [2.75, 3.05) is 7.11 Å². The van der Waals surface area contributed by atoms with E-state index in [9.17, 15) is 4.39 Å². The highest BCUT2D eigenvalue weighted by Crippen LogP contribution is 2.33. The Bertz CT molecular complexity index is 771. The number of hydrazone groups is 1. The van der Waals surface area contributed by atoms with Crippen LogP contribution in [-0.4, -0.2) is 18.4 Å². The van der Waals surface area contributed by atoms with Crippen molar-refractivity contribution in [1.29, 1.82) is 0 Å². The van der Waals surface area contributed by atoms with Crippen molar-refractivity contribution in [2.24, 2.45) is 10.8 Å². The van der Waals surface area contributed by atoms with Crippen molar-refractivity contribution < 1.29 is 13.9 Å². The standard InChI is InChI=1S/C16H15BrFN3O2S/c1-22-14-6-11(8-20-21-16(19)24)12(17)7-15(14)23-9-10-4-2-3-5-13(10)18/h2-8H,9H2,1H3,(H3,19,21,24)/b20-8-. The number of rotatable bonds is 6. The summed E-state index contributed by atoms with van der Waals surface area (Å²) in [5, 5.41) is 3.96. The summed E-state index contributed by atoms with van der Waals surface area (Å²) in [6.45, 7) is 0.0892. The predicted molar refractivity (Wildman–Crippen MR) is 98.9 cm³/mol. The van der Waals surface area contributed by atoms with Gasteiger partial charge in [-0.1, -0.05) is 18.2 Å². The lowest BCUT2D eigenvalue weighted by Crippen LogP contribution is -2.24. The van der Waals surface area contributed by atoms with Gasteiger partial charge in [-0.25, -0.2) is 4.39 Å². The van der Waals surface area contributed by atoms with Crippen LogP contribution in [0.25, 0.3) is 0 Å². The average Bonchev–Trinajstić information content (AvgIpc) is 2.55. The first-order chi connectivity index (χ1) is 11.5. The van der Waals surface area contributed by atoms with E-state index in [4.69, 9.17) is 15.2 Å². The van der Waals surface area contributed by atoms with Crippen LogP contribution in [0.15, 0.2) is 46.0 Å². The number of hydrogen-bond acceptors (Lipinski definition) is 4. The van der Waals surface area contributed by atoms with E-state index in [-0.39, 0.29) is 17.5 Å². The SMILES string of the molecule is COc1cc(/C=N\NC(N)=S)c(Br)cc1OCc1ccccc1F. The molecule has 126 valence electrons. The number of nitrogens with two attached hydrogens (primary N) is 1. The van der Waals surface area contributed by atoms with Crippen molar-refractivity contribution >= 4 is 39.5 Å². The third kappa shape index (κ3) is 4.90. The van der Waals surface area contributed by atoms with Crippen LogP contribution in [-0.2, 0) is 6.61 Å². The van der Waals surface area contributed by atoms with Crippen LogP contribution in [0.4, 0.5) is 4.39 Å². The zero-order valence-corrected chi connectivity index (χ0v) is 15.2. The van der Waals surface area contributed by atoms with Gasteiger partial charge in [0.1, 0.15) is 12.4 Å². The molecule has 2 rings (SSSR count). The molecule has 0 saturated carbocycles. The number of halogens is 2. The summed E-state index contributed by atoms with van der Waals surface area (Å²) in [4.78, 5) is 0. The maximum atomic E-state index is 13.7. The van der Waals surface area contributed by atoms with Crippen LogP contribution >= 0.6 is 28.1 Å². The van der Waals surface area contributed by atoms with E-state index in [1.165, 1.54) is 19.4 Å². The van der Waals surface area contributed by atoms with E-state index in [0.29, 0.717) is 17.1 Å². The van der Waals surface area contributed by atoms with Gasteiger partial charge in [0.2, 0.25) is 0 Å². The first kappa shape index (κ1) is 18.2. The van der Waals surface area contributed by atoms with Crippen LogP contribution in [0.2, 0.25) is 0 Å². The predicted octanol–water partition coefficient (Wildman–Crippen LogP) is 3.34. The number of nitrogens with zero attached hydrogens (tertiary/aromatic N) is 1. The van der Waals surface area contributed by atoms with Gasteiger partial charge in [0, 0.05) is 15.6 Å². The van der Waals surface area contributed by atoms with Gasteiger partial charge < -0.3 is 15.2 Å². The van der Waals surface area contributed by atoms with Crippen LogP contribution in [0, 0.1) is 5.82 Å². The summed E-state index contributed by atoms with van der Waals surface area (Å²) in [5.74, 6) is 0.654. The molecule has 0 atom stereocenters. The molecular formula is C16H15BrFN3O2S. The summed E-state index contributed by atoms with van der Waals surface area (Å²) in [7, 11) is 1.52. The molecule has 0 radical (unpaired) electrons. The lowest BCUT2D eigenvalue weighted by molar-refractivity contribution is 0.279. The van der Waals surface area contributed by atoms with Gasteiger partial charge in [0.15, 0.2) is 16.6 Å². The molecule has 0 fully saturated rings. The molecule has 5 nitrogen and oxygen atoms in total. The van der Waals surface area contributed by atoms with Gasteiger partial charge in [0.25, 0.3) is 0 Å². The fourth-order valence-corrected chi connectivity index (χ4v) is 2.34. The van der Waals surface area contributed by atoms with Crippen LogP contribution < -0.4 is 20.6 Å². The highest BCUT2D eigenvalue weighted by molar-refractivity contribution is 9.10. The summed E-state index contributed by atoms with van der Waals surface area (Å²) >= 11 is 8.10. The molecule has 0 aliphatic rings. The van der Waals surface area contributed by atoms with Gasteiger partial charge in [-0.15, -0.1) is 0 Å². The molecule has 2 aromatic rings. The molecule has 0 aromatic heterocycles. The van der Waals surface area contributed by atoms with Gasteiger partial charge in [-0.05, 0) is 46.3 Å². The molecule has 8 heteroatoms. The Morgan fingerprint density at radius 3 is 2.79 bits per heavy atom. The highest BCUT2D eigenvalue weighted by Gasteiger charge is 2.11. The minimum Gasteiger partial charge on any atom is -0.493 e. The Morgan fingerprint density at radius 2 is 2.12 bits per heavy atom. The van der Waals surface area contributed by atoms with E-state index in [0.717, 1.165) is 10.0 Å². The fourth-order valence-electron chi connectivity index (χ4n) is 1.86. The largest absolute Gasteiger partial charge is 0.493 e. The topological polar surface area (TPSA) is 68.9 Å². The second-order valence-electron chi connectivity index (χ2n) is 4.64. The molecule has 0 aliphatic heterocycles. The summed E-state index contributed by atoms with van der Waals surface area (Å²) in [6, 6.07) is 9.89. The van der Waals surface area contributed by atoms with E-state index >= 15 is 0 Å². The van der Waals surface area contributed by atoms with Gasteiger partial charge >= 0.3 is 0 Å². The molecule has 24 heavy (non-hydrogen) atoms. The van der Waals surface area contributed by atoms with Gasteiger partial charge in [-0.3, -0.25) is 5.43 Å². The van der Waals surface area contributed by atoms with E-state index in [1.807, 2.05) is 0 Å². The molecule has 0 spiro atoms. The monoisotopic (exact) mass is 411 g/mol. The lowest BCUT2D eigenvalue weighted by atomic mass is 10.2. The second-order valence-corrected chi connectivity index (χ2v) is 5.93. The number of thiocarbonyl (C=S) groups is 1. The quantitative estimate of drug-likeness (QED) is 0.433. The lowest BCUT2D eigenvalue weighted by Gasteiger charge is -2.13. The minimum atomic E-state index is -0.317. The third-order valence-corrected chi connectivity index (χ3v) is 3.78. The second kappa shape index (κ2) is 8.60. The van der Waals surface area contributed by atoms with Crippen molar-refractivity contribution in [1.82, 2.24) is 5.43 Å². The molecule has 3 N–H and O–H groups in total. The Balaban J connectivity index is 2.18. The molecule has 0 unspecified atom stereocenters. The molecule has 0 bridgehead atoms. The summed E-state index contributed by atoms with van der Waals surface area (Å²) < 4.78 is 25.4. The summed E-state index contributed by atoms with van der Waals surface area (Å²) in [5.41, 5.74) is 8.96. The van der Waals surface area contributed by atoms with Gasteiger partial charge in [-0.2, -0.15) is 5.10 Å². The molecule has 0 aliphatic carbocycles. The van der Waals surface area contributed by atoms with E-state index in [2.05, 4.69) is 38.7 Å². The van der Waals surface area contributed by atoms with Crippen molar-refractivity contribution in [3.05, 3.63) is 57.8 Å². The smallest absolute Gasteiger partial charge is 0.184 e. The Hall–Kier alpha value is -2.19. The van der Waals surface area contributed by atoms with E-state index in [1.54, 1.807) is 30.3 Å². The minimum absolute atomic E-state index is 0.0687. The number of methoxy groups -OCH3 is 1. The molecule has 0 heterocycles. The molecule has 2 aromatic carbocycles. The Morgan fingerprint density at radius 1 is 1.38 bits per heavy atom. The van der Waals surface area contributed by atoms with Crippen LogP contribution in [0.1, 0.15) is 11.1 Å². The fraction of sp³-hybridized carbons (Fsp3) is 0.125. The Kier molecular flexibility index (Phi) is 6.51. The third-order valence-electron chi connectivity index (χ3n) is 3.00. The Labute approximate surface area is 152 Å². The maximum Gasteiger partial charge on any atom is 0.184 e. The van der Waals surface area contributed by atoms with Crippen molar-refractivity contribution in [2.45, 2.75) is 6.61 Å². The molecule has 0 amide bonds. The van der Waals surface area contributed by atoms with Crippen LogP contribution in [0.3, 0.4) is 0 Å². The maximum absolute atomic E-state index is 13.7. The number of benzene rings is 2. The molecule has 0 saturated heterocycles. The number of nitrogens with one attached hydrogen (secondary N) is 1. The number of hydrogen-bond donors (Lipinski definition) is 2. The molecular weight excluding hydrogens is 397 g/mol. The first-order valence-electron chi connectivity index (χ1n) is 6.83. The zero-order chi connectivity index (χ0) is 17.5. The van der Waals surface area contributed by atoms with Crippen LogP contribution in [0.5, 0.6) is 11.5 Å². The van der Waals surface area contributed by atoms with E-state index < -0.39 is 0 Å². The highest BCUT2D eigenvalue weighted by atomic mass is 79.9. The average molecular weight is 412 g/mol. The van der Waals surface area contributed by atoms with Gasteiger partial charge in [0.05, 0.1) is 13.3 Å². The first-order valence-corrected chi connectivity index (χ1v) is 8.03. The number of ether oxygens (including phenoxy) is 2. The zero-order valence-electron chi connectivity index (χ0n) is 12.8. The normalized spacial score (nSPS) is 10.6.